The van der Waals surface area contributed by atoms with Crippen molar-refractivity contribution in [1.82, 2.24) is 5.32 Å². The molecule has 1 fully saturated rings. The Morgan fingerprint density at radius 1 is 1.20 bits per heavy atom. The molecule has 20 heavy (non-hydrogen) atoms. The number of nitrogens with zero attached hydrogens (tertiary/aromatic N) is 1. The molecular weight excluding hydrogens is 252 g/mol. The van der Waals surface area contributed by atoms with Gasteiger partial charge in [-0.3, -0.25) is 0 Å². The molecule has 0 atom stereocenters. The van der Waals surface area contributed by atoms with Crippen molar-refractivity contribution in [3.63, 3.8) is 0 Å². The summed E-state index contributed by atoms with van der Waals surface area (Å²) in [5.41, 5.74) is 2.50. The van der Waals surface area contributed by atoms with E-state index in [9.17, 15) is 0 Å². The Hall–Kier alpha value is -1.26. The normalized spacial score (nSPS) is 15.4. The molecule has 0 aliphatic carbocycles. The van der Waals surface area contributed by atoms with Crippen molar-refractivity contribution in [3.8, 4) is 5.75 Å². The minimum atomic E-state index is 0.710. The fourth-order valence-corrected chi connectivity index (χ4v) is 2.39. The van der Waals surface area contributed by atoms with Gasteiger partial charge in [-0.1, -0.05) is 6.07 Å². The van der Waals surface area contributed by atoms with Crippen LogP contribution in [0.3, 0.4) is 0 Å². The van der Waals surface area contributed by atoms with Gasteiger partial charge < -0.3 is 19.7 Å². The average Bonchev–Trinajstić information content (AvgIpc) is 2.49. The number of anilines is 1. The summed E-state index contributed by atoms with van der Waals surface area (Å²) in [5, 5.41) is 3.39. The van der Waals surface area contributed by atoms with Gasteiger partial charge in [-0.05, 0) is 31.5 Å². The zero-order chi connectivity index (χ0) is 14.2. The topological polar surface area (TPSA) is 33.7 Å². The van der Waals surface area contributed by atoms with Crippen LogP contribution in [-0.2, 0) is 4.74 Å². The number of rotatable bonds is 7. The first-order valence-corrected chi connectivity index (χ1v) is 7.58. The third-order valence-corrected chi connectivity index (χ3v) is 3.47. The Morgan fingerprint density at radius 2 is 2.00 bits per heavy atom. The Balaban J connectivity index is 1.96. The number of benzene rings is 1. The largest absolute Gasteiger partial charge is 0.491 e. The molecule has 1 N–H and O–H groups in total. The standard InChI is InChI=1S/C16H26N2O2/c1-3-19-11-4-12-20-16-6-5-14(2)13-15(16)18-9-7-17-8-10-18/h5-6,13,17H,3-4,7-12H2,1-2H3. The first-order chi connectivity index (χ1) is 9.81. The quantitative estimate of drug-likeness (QED) is 0.775. The van der Waals surface area contributed by atoms with E-state index < -0.39 is 0 Å². The fourth-order valence-electron chi connectivity index (χ4n) is 2.39. The molecule has 0 spiro atoms. The smallest absolute Gasteiger partial charge is 0.142 e. The molecule has 4 nitrogen and oxygen atoms in total. The summed E-state index contributed by atoms with van der Waals surface area (Å²) in [4.78, 5) is 2.40. The van der Waals surface area contributed by atoms with Gasteiger partial charge in [-0.2, -0.15) is 0 Å². The molecule has 1 heterocycles. The van der Waals surface area contributed by atoms with E-state index in [0.29, 0.717) is 6.61 Å². The summed E-state index contributed by atoms with van der Waals surface area (Å²) < 4.78 is 11.3. The van der Waals surface area contributed by atoms with Gasteiger partial charge in [0.15, 0.2) is 0 Å². The molecule has 1 saturated heterocycles. The van der Waals surface area contributed by atoms with E-state index in [0.717, 1.165) is 51.6 Å². The average molecular weight is 278 g/mol. The van der Waals surface area contributed by atoms with Gasteiger partial charge in [-0.25, -0.2) is 0 Å². The Morgan fingerprint density at radius 3 is 2.75 bits per heavy atom. The molecule has 2 rings (SSSR count). The van der Waals surface area contributed by atoms with Crippen LogP contribution in [0.5, 0.6) is 5.75 Å². The van der Waals surface area contributed by atoms with Crippen LogP contribution < -0.4 is 15.0 Å². The van der Waals surface area contributed by atoms with E-state index >= 15 is 0 Å². The molecule has 112 valence electrons. The molecule has 1 aromatic carbocycles. The van der Waals surface area contributed by atoms with Gasteiger partial charge >= 0.3 is 0 Å². The highest BCUT2D eigenvalue weighted by molar-refractivity contribution is 5.60. The SMILES string of the molecule is CCOCCCOc1ccc(C)cc1N1CCNCC1. The lowest BCUT2D eigenvalue weighted by molar-refractivity contribution is 0.131. The molecule has 0 radical (unpaired) electrons. The van der Waals surface area contributed by atoms with Gasteiger partial charge in [0.25, 0.3) is 0 Å². The van der Waals surface area contributed by atoms with Crippen LogP contribution in [0.15, 0.2) is 18.2 Å². The number of ether oxygens (including phenoxy) is 2. The summed E-state index contributed by atoms with van der Waals surface area (Å²) in [7, 11) is 0. The molecule has 1 aliphatic rings. The highest BCUT2D eigenvalue weighted by atomic mass is 16.5. The van der Waals surface area contributed by atoms with Gasteiger partial charge in [0.1, 0.15) is 5.75 Å². The minimum absolute atomic E-state index is 0.710. The highest BCUT2D eigenvalue weighted by Crippen LogP contribution is 2.29. The predicted molar refractivity (Wildman–Crippen MR) is 82.9 cm³/mol. The monoisotopic (exact) mass is 278 g/mol. The maximum absolute atomic E-state index is 5.95. The van der Waals surface area contributed by atoms with E-state index in [2.05, 4.69) is 35.3 Å². The number of aryl methyl sites for hydroxylation is 1. The molecule has 0 aromatic heterocycles. The van der Waals surface area contributed by atoms with Crippen molar-refractivity contribution in [2.75, 3.05) is 50.9 Å². The third kappa shape index (κ3) is 4.39. The van der Waals surface area contributed by atoms with Crippen molar-refractivity contribution >= 4 is 5.69 Å². The number of piperazine rings is 1. The van der Waals surface area contributed by atoms with Crippen LogP contribution in [0, 0.1) is 6.92 Å². The Bertz CT molecular complexity index is 403. The third-order valence-electron chi connectivity index (χ3n) is 3.47. The maximum atomic E-state index is 5.95. The minimum Gasteiger partial charge on any atom is -0.491 e. The first-order valence-electron chi connectivity index (χ1n) is 7.58. The lowest BCUT2D eigenvalue weighted by atomic mass is 10.1. The van der Waals surface area contributed by atoms with Crippen molar-refractivity contribution in [3.05, 3.63) is 23.8 Å². The molecule has 0 amide bonds. The summed E-state index contributed by atoms with van der Waals surface area (Å²) in [5.74, 6) is 0.994. The highest BCUT2D eigenvalue weighted by Gasteiger charge is 2.15. The van der Waals surface area contributed by atoms with Crippen LogP contribution in [0.25, 0.3) is 0 Å². The van der Waals surface area contributed by atoms with E-state index in [1.54, 1.807) is 0 Å². The van der Waals surface area contributed by atoms with E-state index in [4.69, 9.17) is 9.47 Å². The van der Waals surface area contributed by atoms with Crippen molar-refractivity contribution < 1.29 is 9.47 Å². The summed E-state index contributed by atoms with van der Waals surface area (Å²) in [6, 6.07) is 6.43. The van der Waals surface area contributed by atoms with Crippen molar-refractivity contribution in [1.29, 1.82) is 0 Å². The molecule has 0 bridgehead atoms. The lowest BCUT2D eigenvalue weighted by Gasteiger charge is -2.31. The van der Waals surface area contributed by atoms with E-state index in [1.165, 1.54) is 11.3 Å². The molecular formula is C16H26N2O2. The van der Waals surface area contributed by atoms with Crippen LogP contribution in [0.4, 0.5) is 5.69 Å². The van der Waals surface area contributed by atoms with Gasteiger partial charge in [0.2, 0.25) is 0 Å². The predicted octanol–water partition coefficient (Wildman–Crippen LogP) is 2.21. The maximum Gasteiger partial charge on any atom is 0.142 e. The van der Waals surface area contributed by atoms with Crippen LogP contribution in [-0.4, -0.2) is 46.0 Å². The van der Waals surface area contributed by atoms with Crippen LogP contribution in [0.2, 0.25) is 0 Å². The second-order valence-electron chi connectivity index (χ2n) is 5.11. The number of hydrogen-bond acceptors (Lipinski definition) is 4. The molecule has 1 aromatic rings. The molecule has 1 aliphatic heterocycles. The molecule has 0 unspecified atom stereocenters. The lowest BCUT2D eigenvalue weighted by Crippen LogP contribution is -2.43. The summed E-state index contributed by atoms with van der Waals surface area (Å²) in [6.45, 7) is 10.6. The fraction of sp³-hybridized carbons (Fsp3) is 0.625. The Labute approximate surface area is 122 Å². The van der Waals surface area contributed by atoms with Crippen LogP contribution in [0.1, 0.15) is 18.9 Å². The Kier molecular flexibility index (Phi) is 6.15. The second-order valence-corrected chi connectivity index (χ2v) is 5.11. The molecule has 0 saturated carbocycles. The van der Waals surface area contributed by atoms with Crippen LogP contribution >= 0.6 is 0 Å². The zero-order valence-electron chi connectivity index (χ0n) is 12.7. The van der Waals surface area contributed by atoms with E-state index in [1.807, 2.05) is 6.92 Å². The van der Waals surface area contributed by atoms with Gasteiger partial charge in [-0.15, -0.1) is 0 Å². The van der Waals surface area contributed by atoms with Crippen molar-refractivity contribution in [2.24, 2.45) is 0 Å². The second kappa shape index (κ2) is 8.12. The number of nitrogens with one attached hydrogen (secondary N) is 1. The first kappa shape index (κ1) is 15.1. The van der Waals surface area contributed by atoms with Gasteiger partial charge in [0.05, 0.1) is 12.3 Å². The summed E-state index contributed by atoms with van der Waals surface area (Å²) in [6.07, 6.45) is 0.933. The molecule has 4 heteroatoms. The zero-order valence-corrected chi connectivity index (χ0v) is 12.7. The van der Waals surface area contributed by atoms with E-state index in [-0.39, 0.29) is 0 Å². The summed E-state index contributed by atoms with van der Waals surface area (Å²) >= 11 is 0. The number of hydrogen-bond donors (Lipinski definition) is 1. The van der Waals surface area contributed by atoms with Crippen molar-refractivity contribution in [2.45, 2.75) is 20.3 Å². The van der Waals surface area contributed by atoms with Gasteiger partial charge in [0, 0.05) is 45.8 Å².